The van der Waals surface area contributed by atoms with Crippen molar-refractivity contribution in [2.45, 2.75) is 6.54 Å². The van der Waals surface area contributed by atoms with Crippen LogP contribution in [0, 0.1) is 0 Å². The van der Waals surface area contributed by atoms with E-state index in [-0.39, 0.29) is 12.5 Å². The van der Waals surface area contributed by atoms with Gasteiger partial charge in [0.2, 0.25) is 5.91 Å². The lowest BCUT2D eigenvalue weighted by molar-refractivity contribution is -0.117. The summed E-state index contributed by atoms with van der Waals surface area (Å²) in [4.78, 5) is 14.2. The fraction of sp³-hybridized carbons (Fsp3) is 0.316. The van der Waals surface area contributed by atoms with Crippen LogP contribution in [0.25, 0.3) is 0 Å². The number of rotatable bonds is 6. The van der Waals surface area contributed by atoms with E-state index in [4.69, 9.17) is 37.4 Å². The van der Waals surface area contributed by atoms with Gasteiger partial charge in [0, 0.05) is 11.6 Å². The van der Waals surface area contributed by atoms with Crippen molar-refractivity contribution in [1.82, 2.24) is 4.90 Å². The van der Waals surface area contributed by atoms with Gasteiger partial charge in [-0.25, -0.2) is 0 Å². The molecule has 0 unspecified atom stereocenters. The molecule has 0 saturated heterocycles. The van der Waals surface area contributed by atoms with Crippen LogP contribution in [0.2, 0.25) is 10.0 Å². The highest BCUT2D eigenvalue weighted by Crippen LogP contribution is 2.38. The Kier molecular flexibility index (Phi) is 6.31. The highest BCUT2D eigenvalue weighted by molar-refractivity contribution is 6.32. The van der Waals surface area contributed by atoms with Gasteiger partial charge in [0.25, 0.3) is 0 Å². The summed E-state index contributed by atoms with van der Waals surface area (Å²) in [7, 11) is 3.39. The van der Waals surface area contributed by atoms with E-state index in [2.05, 4.69) is 5.32 Å². The van der Waals surface area contributed by atoms with E-state index in [1.165, 1.54) is 7.11 Å². The molecule has 8 heteroatoms. The molecule has 1 aliphatic rings. The van der Waals surface area contributed by atoms with E-state index >= 15 is 0 Å². The minimum atomic E-state index is -0.179. The molecule has 0 aromatic heterocycles. The van der Waals surface area contributed by atoms with Gasteiger partial charge >= 0.3 is 0 Å². The summed E-state index contributed by atoms with van der Waals surface area (Å²) in [5.74, 6) is 1.57. The van der Waals surface area contributed by atoms with E-state index in [9.17, 15) is 4.79 Å². The van der Waals surface area contributed by atoms with Crippen LogP contribution < -0.4 is 19.5 Å². The first-order valence-electron chi connectivity index (χ1n) is 8.36. The number of carbonyl (C=O) groups is 1. The minimum absolute atomic E-state index is 0.179. The predicted molar refractivity (Wildman–Crippen MR) is 105 cm³/mol. The lowest BCUT2D eigenvalue weighted by Gasteiger charge is -2.22. The van der Waals surface area contributed by atoms with Crippen LogP contribution >= 0.6 is 23.2 Å². The third kappa shape index (κ3) is 4.97. The van der Waals surface area contributed by atoms with Gasteiger partial charge in [-0.15, -0.1) is 0 Å². The molecular formula is C19H20Cl2N2O4. The predicted octanol–water partition coefficient (Wildman–Crippen LogP) is 3.84. The summed E-state index contributed by atoms with van der Waals surface area (Å²) < 4.78 is 16.3. The molecular weight excluding hydrogens is 391 g/mol. The summed E-state index contributed by atoms with van der Waals surface area (Å²) >= 11 is 12.3. The molecule has 0 fully saturated rings. The second-order valence-corrected chi connectivity index (χ2v) is 7.01. The van der Waals surface area contributed by atoms with Gasteiger partial charge in [-0.05, 0) is 42.9 Å². The molecule has 0 saturated carbocycles. The molecule has 1 N–H and O–H groups in total. The summed E-state index contributed by atoms with van der Waals surface area (Å²) in [6.45, 7) is 1.68. The molecule has 27 heavy (non-hydrogen) atoms. The zero-order chi connectivity index (χ0) is 19.4. The van der Waals surface area contributed by atoms with E-state index in [1.54, 1.807) is 18.2 Å². The number of carbonyl (C=O) groups excluding carboxylic acids is 1. The van der Waals surface area contributed by atoms with Crippen molar-refractivity contribution in [2.24, 2.45) is 0 Å². The maximum Gasteiger partial charge on any atom is 0.238 e. The Hall–Kier alpha value is -2.15. The van der Waals surface area contributed by atoms with E-state index in [0.717, 1.165) is 5.56 Å². The van der Waals surface area contributed by atoms with E-state index < -0.39 is 0 Å². The Labute approximate surface area is 167 Å². The SMILES string of the molecule is COc1ccc(Cl)cc1NC(=O)CN(C)Cc1cc(Cl)c2c(c1)OCCO2. The van der Waals surface area contributed by atoms with Crippen molar-refractivity contribution >= 4 is 34.8 Å². The van der Waals surface area contributed by atoms with Gasteiger partial charge < -0.3 is 19.5 Å². The number of benzene rings is 2. The third-order valence-electron chi connectivity index (χ3n) is 3.96. The van der Waals surface area contributed by atoms with Crippen molar-refractivity contribution in [3.8, 4) is 17.2 Å². The number of amides is 1. The fourth-order valence-electron chi connectivity index (χ4n) is 2.84. The van der Waals surface area contributed by atoms with Crippen LogP contribution in [-0.4, -0.2) is 44.7 Å². The Morgan fingerprint density at radius 2 is 2.00 bits per heavy atom. The van der Waals surface area contributed by atoms with Gasteiger partial charge in [-0.2, -0.15) is 0 Å². The normalized spacial score (nSPS) is 12.8. The van der Waals surface area contributed by atoms with Crippen LogP contribution in [0.1, 0.15) is 5.56 Å². The number of hydrogen-bond acceptors (Lipinski definition) is 5. The van der Waals surface area contributed by atoms with Crippen molar-refractivity contribution in [3.05, 3.63) is 45.9 Å². The molecule has 144 valence electrons. The minimum Gasteiger partial charge on any atom is -0.495 e. The molecule has 2 aromatic rings. The number of ether oxygens (including phenoxy) is 3. The number of hydrogen-bond donors (Lipinski definition) is 1. The molecule has 0 atom stereocenters. The first kappa shape index (κ1) is 19.6. The molecule has 0 aliphatic carbocycles. The van der Waals surface area contributed by atoms with E-state index in [0.29, 0.717) is 52.7 Å². The number of anilines is 1. The Morgan fingerprint density at radius 1 is 1.22 bits per heavy atom. The fourth-order valence-corrected chi connectivity index (χ4v) is 3.30. The van der Waals surface area contributed by atoms with E-state index in [1.807, 2.05) is 24.1 Å². The number of nitrogens with one attached hydrogen (secondary N) is 1. The van der Waals surface area contributed by atoms with Gasteiger partial charge in [0.05, 0.1) is 24.4 Å². The Bertz CT molecular complexity index is 845. The second kappa shape index (κ2) is 8.69. The first-order chi connectivity index (χ1) is 13.0. The van der Waals surface area contributed by atoms with Crippen molar-refractivity contribution in [2.75, 3.05) is 39.2 Å². The maximum atomic E-state index is 12.4. The van der Waals surface area contributed by atoms with Crippen LogP contribution in [0.4, 0.5) is 5.69 Å². The van der Waals surface area contributed by atoms with Crippen molar-refractivity contribution in [1.29, 1.82) is 0 Å². The number of nitrogens with zero attached hydrogens (tertiary/aromatic N) is 1. The molecule has 1 heterocycles. The summed E-state index contributed by atoms with van der Waals surface area (Å²) in [6, 6.07) is 8.77. The highest BCUT2D eigenvalue weighted by Gasteiger charge is 2.18. The van der Waals surface area contributed by atoms with Crippen LogP contribution in [-0.2, 0) is 11.3 Å². The van der Waals surface area contributed by atoms with Crippen molar-refractivity contribution in [3.63, 3.8) is 0 Å². The van der Waals surface area contributed by atoms with Gasteiger partial charge in [-0.1, -0.05) is 23.2 Å². The highest BCUT2D eigenvalue weighted by atomic mass is 35.5. The Balaban J connectivity index is 1.62. The summed E-state index contributed by atoms with van der Waals surface area (Å²) in [5.41, 5.74) is 1.46. The first-order valence-corrected chi connectivity index (χ1v) is 9.12. The second-order valence-electron chi connectivity index (χ2n) is 6.17. The zero-order valence-electron chi connectivity index (χ0n) is 15.1. The largest absolute Gasteiger partial charge is 0.495 e. The number of likely N-dealkylation sites (N-methyl/N-ethyl adjacent to an activating group) is 1. The molecule has 1 amide bonds. The topological polar surface area (TPSA) is 60.0 Å². The molecule has 6 nitrogen and oxygen atoms in total. The third-order valence-corrected chi connectivity index (χ3v) is 4.47. The molecule has 3 rings (SSSR count). The lowest BCUT2D eigenvalue weighted by atomic mass is 10.2. The zero-order valence-corrected chi connectivity index (χ0v) is 16.6. The van der Waals surface area contributed by atoms with Gasteiger partial charge in [-0.3, -0.25) is 9.69 Å². The molecule has 0 radical (unpaired) electrons. The quantitative estimate of drug-likeness (QED) is 0.783. The molecule has 1 aliphatic heterocycles. The molecule has 0 spiro atoms. The maximum absolute atomic E-state index is 12.4. The monoisotopic (exact) mass is 410 g/mol. The van der Waals surface area contributed by atoms with Crippen LogP contribution in [0.5, 0.6) is 17.2 Å². The Morgan fingerprint density at radius 3 is 2.78 bits per heavy atom. The summed E-state index contributed by atoms with van der Waals surface area (Å²) in [6.07, 6.45) is 0. The summed E-state index contributed by atoms with van der Waals surface area (Å²) in [5, 5.41) is 3.84. The van der Waals surface area contributed by atoms with Gasteiger partial charge in [0.1, 0.15) is 19.0 Å². The van der Waals surface area contributed by atoms with Gasteiger partial charge in [0.15, 0.2) is 11.5 Å². The molecule has 2 aromatic carbocycles. The molecule has 0 bridgehead atoms. The van der Waals surface area contributed by atoms with Crippen molar-refractivity contribution < 1.29 is 19.0 Å². The van der Waals surface area contributed by atoms with Crippen LogP contribution in [0.15, 0.2) is 30.3 Å². The lowest BCUT2D eigenvalue weighted by Crippen LogP contribution is -2.30. The number of methoxy groups -OCH3 is 1. The standard InChI is InChI=1S/C19H20Cl2N2O4/c1-23(10-12-7-14(21)19-17(8-12)26-5-6-27-19)11-18(24)22-15-9-13(20)3-4-16(15)25-2/h3-4,7-9H,5-6,10-11H2,1-2H3,(H,22,24). The average Bonchev–Trinajstić information content (AvgIpc) is 2.61. The number of halogens is 2. The smallest absolute Gasteiger partial charge is 0.238 e. The van der Waals surface area contributed by atoms with Crippen LogP contribution in [0.3, 0.4) is 0 Å². The average molecular weight is 411 g/mol. The number of fused-ring (bicyclic) bond motifs is 1.